The van der Waals surface area contributed by atoms with Crippen molar-refractivity contribution in [1.29, 1.82) is 0 Å². The maximum atomic E-state index is 12.4. The van der Waals surface area contributed by atoms with E-state index in [9.17, 15) is 9.59 Å². The van der Waals surface area contributed by atoms with Gasteiger partial charge in [0.15, 0.2) is 11.5 Å². The average molecular weight is 445 g/mol. The number of nitrogens with one attached hydrogen (secondary N) is 2. The van der Waals surface area contributed by atoms with E-state index in [2.05, 4.69) is 20.9 Å². The van der Waals surface area contributed by atoms with Crippen LogP contribution in [-0.4, -0.2) is 41.0 Å². The molecule has 0 atom stereocenters. The fraction of sp³-hybridized carbons (Fsp3) is 0.200. The second-order valence-corrected chi connectivity index (χ2v) is 6.82. The number of nitrogen functional groups attached to an aromatic ring is 1. The van der Waals surface area contributed by atoms with Crippen molar-refractivity contribution < 1.29 is 19.1 Å². The first-order chi connectivity index (χ1) is 14.9. The van der Waals surface area contributed by atoms with Gasteiger partial charge in [0.05, 0.1) is 19.2 Å². The van der Waals surface area contributed by atoms with E-state index < -0.39 is 11.8 Å². The van der Waals surface area contributed by atoms with E-state index in [1.807, 2.05) is 12.1 Å². The van der Waals surface area contributed by atoms with E-state index in [1.165, 1.54) is 7.11 Å². The van der Waals surface area contributed by atoms with E-state index in [1.54, 1.807) is 37.4 Å². The zero-order valence-corrected chi connectivity index (χ0v) is 17.6. The van der Waals surface area contributed by atoms with Crippen LogP contribution in [0.2, 0.25) is 5.02 Å². The molecule has 0 bridgehead atoms. The average Bonchev–Trinajstić information content (AvgIpc) is 3.12. The van der Waals surface area contributed by atoms with Crippen molar-refractivity contribution in [2.24, 2.45) is 0 Å². The molecule has 4 N–H and O–H groups in total. The summed E-state index contributed by atoms with van der Waals surface area (Å²) in [6.45, 7) is 0.0205. The molecule has 11 heteroatoms. The molecule has 0 aliphatic rings. The van der Waals surface area contributed by atoms with Crippen molar-refractivity contribution in [3.63, 3.8) is 0 Å². The van der Waals surface area contributed by atoms with Crippen LogP contribution in [0.1, 0.15) is 16.1 Å². The summed E-state index contributed by atoms with van der Waals surface area (Å²) in [5.74, 6) is 0.229. The summed E-state index contributed by atoms with van der Waals surface area (Å²) < 4.78 is 11.4. The predicted octanol–water partition coefficient (Wildman–Crippen LogP) is 2.10. The van der Waals surface area contributed by atoms with Crippen LogP contribution in [0.5, 0.6) is 11.5 Å². The second-order valence-electron chi connectivity index (χ2n) is 6.41. The smallest absolute Gasteiger partial charge is 0.275 e. The molecule has 10 nitrogen and oxygen atoms in total. The number of rotatable bonds is 8. The highest BCUT2D eigenvalue weighted by Gasteiger charge is 2.19. The molecule has 0 radical (unpaired) electrons. The normalized spacial score (nSPS) is 10.4. The fourth-order valence-electron chi connectivity index (χ4n) is 2.73. The Kier molecular flexibility index (Phi) is 6.93. The molecule has 0 spiro atoms. The lowest BCUT2D eigenvalue weighted by Gasteiger charge is -2.09. The quantitative estimate of drug-likeness (QED) is 0.484. The van der Waals surface area contributed by atoms with Crippen molar-refractivity contribution in [3.8, 4) is 11.5 Å². The first-order valence-corrected chi connectivity index (χ1v) is 9.52. The van der Waals surface area contributed by atoms with Crippen LogP contribution < -0.4 is 25.8 Å². The number of ether oxygens (including phenoxy) is 2. The molecule has 162 valence electrons. The Hall–Kier alpha value is -3.79. The van der Waals surface area contributed by atoms with Crippen LogP contribution in [0, 0.1) is 0 Å². The Balaban J connectivity index is 1.60. The Morgan fingerprint density at radius 3 is 2.68 bits per heavy atom. The standard InChI is InChI=1S/C20H21ClN6O4/c1-30-14-5-3-4-12(8-14)10-23-20(29)18-19(22)27(26-25-18)11-17(28)24-13-6-7-16(31-2)15(21)9-13/h3-9H,10-11,22H2,1-2H3,(H,23,29)(H,24,28). The first-order valence-electron chi connectivity index (χ1n) is 9.14. The van der Waals surface area contributed by atoms with Gasteiger partial charge in [-0.15, -0.1) is 5.10 Å². The van der Waals surface area contributed by atoms with Crippen molar-refractivity contribution in [2.45, 2.75) is 13.1 Å². The maximum Gasteiger partial charge on any atom is 0.275 e. The number of hydrogen-bond donors (Lipinski definition) is 3. The number of amides is 2. The molecule has 2 aromatic carbocycles. The number of halogens is 1. The highest BCUT2D eigenvalue weighted by molar-refractivity contribution is 6.32. The van der Waals surface area contributed by atoms with E-state index in [0.717, 1.165) is 10.2 Å². The number of nitrogens with two attached hydrogens (primary N) is 1. The Morgan fingerprint density at radius 1 is 1.16 bits per heavy atom. The number of aromatic nitrogens is 3. The van der Waals surface area contributed by atoms with Crippen molar-refractivity contribution >= 4 is 34.9 Å². The number of carbonyl (C=O) groups excluding carboxylic acids is 2. The summed E-state index contributed by atoms with van der Waals surface area (Å²) in [5.41, 5.74) is 7.22. The molecule has 0 fully saturated rings. The first kappa shape index (κ1) is 21.9. The third-order valence-electron chi connectivity index (χ3n) is 4.30. The van der Waals surface area contributed by atoms with Crippen LogP contribution in [0.15, 0.2) is 42.5 Å². The Bertz CT molecular complexity index is 1100. The van der Waals surface area contributed by atoms with E-state index in [4.69, 9.17) is 26.8 Å². The number of anilines is 2. The highest BCUT2D eigenvalue weighted by atomic mass is 35.5. The summed E-state index contributed by atoms with van der Waals surface area (Å²) in [4.78, 5) is 24.7. The van der Waals surface area contributed by atoms with Gasteiger partial charge in [-0.1, -0.05) is 28.9 Å². The minimum Gasteiger partial charge on any atom is -0.497 e. The number of hydrogen-bond acceptors (Lipinski definition) is 7. The summed E-state index contributed by atoms with van der Waals surface area (Å²) in [6.07, 6.45) is 0. The maximum absolute atomic E-state index is 12.4. The van der Waals surface area contributed by atoms with Crippen molar-refractivity contribution in [3.05, 3.63) is 58.7 Å². The van der Waals surface area contributed by atoms with Crippen molar-refractivity contribution in [1.82, 2.24) is 20.3 Å². The molecule has 0 aliphatic carbocycles. The minimum absolute atomic E-state index is 0.0222. The molecular weight excluding hydrogens is 424 g/mol. The molecule has 1 heterocycles. The van der Waals surface area contributed by atoms with E-state index in [0.29, 0.717) is 22.2 Å². The van der Waals surface area contributed by atoms with Gasteiger partial charge in [0.1, 0.15) is 18.0 Å². The lowest BCUT2D eigenvalue weighted by Crippen LogP contribution is -2.25. The monoisotopic (exact) mass is 444 g/mol. The summed E-state index contributed by atoms with van der Waals surface area (Å²) in [5, 5.41) is 13.3. The molecule has 0 saturated carbocycles. The molecular formula is C20H21ClN6O4. The third-order valence-corrected chi connectivity index (χ3v) is 4.60. The topological polar surface area (TPSA) is 133 Å². The Morgan fingerprint density at radius 2 is 1.97 bits per heavy atom. The largest absolute Gasteiger partial charge is 0.497 e. The SMILES string of the molecule is COc1cccc(CNC(=O)c2nnn(CC(=O)Nc3ccc(OC)c(Cl)c3)c2N)c1. The number of benzene rings is 2. The highest BCUT2D eigenvalue weighted by Crippen LogP contribution is 2.27. The van der Waals surface area contributed by atoms with E-state index >= 15 is 0 Å². The van der Waals surface area contributed by atoms with E-state index in [-0.39, 0.29) is 24.6 Å². The van der Waals surface area contributed by atoms with Crippen LogP contribution in [0.25, 0.3) is 0 Å². The lowest BCUT2D eigenvalue weighted by atomic mass is 10.2. The Labute approximate surface area is 183 Å². The van der Waals surface area contributed by atoms with Crippen LogP contribution in [0.4, 0.5) is 11.5 Å². The zero-order valence-electron chi connectivity index (χ0n) is 16.9. The van der Waals surface area contributed by atoms with Gasteiger partial charge in [0.2, 0.25) is 5.91 Å². The number of carbonyl (C=O) groups is 2. The van der Waals surface area contributed by atoms with Gasteiger partial charge in [-0.2, -0.15) is 0 Å². The van der Waals surface area contributed by atoms with Crippen LogP contribution >= 0.6 is 11.6 Å². The molecule has 0 aliphatic heterocycles. The van der Waals surface area contributed by atoms with Gasteiger partial charge in [-0.3, -0.25) is 9.59 Å². The van der Waals surface area contributed by atoms with Gasteiger partial charge in [-0.25, -0.2) is 4.68 Å². The molecule has 3 rings (SSSR count). The van der Waals surface area contributed by atoms with Gasteiger partial charge >= 0.3 is 0 Å². The zero-order chi connectivity index (χ0) is 22.4. The van der Waals surface area contributed by atoms with Gasteiger partial charge in [-0.05, 0) is 35.9 Å². The van der Waals surface area contributed by atoms with Crippen LogP contribution in [0.3, 0.4) is 0 Å². The second kappa shape index (κ2) is 9.81. The van der Waals surface area contributed by atoms with Crippen LogP contribution in [-0.2, 0) is 17.9 Å². The summed E-state index contributed by atoms with van der Waals surface area (Å²) in [6, 6.07) is 12.1. The molecule has 31 heavy (non-hydrogen) atoms. The minimum atomic E-state index is -0.506. The van der Waals surface area contributed by atoms with Crippen molar-refractivity contribution in [2.75, 3.05) is 25.3 Å². The third kappa shape index (κ3) is 5.43. The van der Waals surface area contributed by atoms with Gasteiger partial charge in [0, 0.05) is 12.2 Å². The fourth-order valence-corrected chi connectivity index (χ4v) is 2.99. The number of methoxy groups -OCH3 is 2. The summed E-state index contributed by atoms with van der Waals surface area (Å²) >= 11 is 6.05. The molecule has 0 saturated heterocycles. The lowest BCUT2D eigenvalue weighted by molar-refractivity contribution is -0.116. The molecule has 3 aromatic rings. The van der Waals surface area contributed by atoms with Gasteiger partial charge in [0.25, 0.3) is 5.91 Å². The summed E-state index contributed by atoms with van der Waals surface area (Å²) in [7, 11) is 3.06. The predicted molar refractivity (Wildman–Crippen MR) is 115 cm³/mol. The molecule has 0 unspecified atom stereocenters. The van der Waals surface area contributed by atoms with Gasteiger partial charge < -0.3 is 25.8 Å². The number of nitrogens with zero attached hydrogens (tertiary/aromatic N) is 3. The molecule has 2 amide bonds. The molecule has 1 aromatic heterocycles.